The lowest BCUT2D eigenvalue weighted by molar-refractivity contribution is -0.119. The lowest BCUT2D eigenvalue weighted by atomic mass is 10.1. The molecule has 0 fully saturated rings. The van der Waals surface area contributed by atoms with Crippen LogP contribution < -0.4 is 15.2 Å². The second-order valence-corrected chi connectivity index (χ2v) is 7.18. The fraction of sp³-hybridized carbons (Fsp3) is 0.188. The van der Waals surface area contributed by atoms with Crippen molar-refractivity contribution in [3.05, 3.63) is 59.1 Å². The zero-order valence-corrected chi connectivity index (χ0v) is 14.5. The first-order valence-corrected chi connectivity index (χ1v) is 8.88. The van der Waals surface area contributed by atoms with E-state index >= 15 is 0 Å². The summed E-state index contributed by atoms with van der Waals surface area (Å²) >= 11 is 5.87. The molecule has 0 aliphatic heterocycles. The number of carbonyl (C=O) groups is 1. The number of rotatable bonds is 7. The van der Waals surface area contributed by atoms with Crippen molar-refractivity contribution in [2.75, 3.05) is 7.11 Å². The molecule has 2 aromatic rings. The number of primary amides is 1. The van der Waals surface area contributed by atoms with Crippen LogP contribution >= 0.6 is 11.6 Å². The van der Waals surface area contributed by atoms with Crippen LogP contribution in [-0.4, -0.2) is 27.5 Å². The minimum absolute atomic E-state index is 0.120. The molecule has 128 valence electrons. The molecule has 0 spiro atoms. The Bertz CT molecular complexity index is 825. The molecule has 8 heteroatoms. The minimum Gasteiger partial charge on any atom is -0.495 e. The summed E-state index contributed by atoms with van der Waals surface area (Å²) in [6.45, 7) is 0. The van der Waals surface area contributed by atoms with Crippen LogP contribution in [0.3, 0.4) is 0 Å². The number of hydrogen-bond acceptors (Lipinski definition) is 4. The molecule has 6 nitrogen and oxygen atoms in total. The Morgan fingerprint density at radius 3 is 2.50 bits per heavy atom. The van der Waals surface area contributed by atoms with Gasteiger partial charge in [0.1, 0.15) is 16.7 Å². The molecule has 0 aromatic heterocycles. The number of nitrogens with two attached hydrogens (primary N) is 1. The Morgan fingerprint density at radius 2 is 1.92 bits per heavy atom. The van der Waals surface area contributed by atoms with Crippen LogP contribution in [0, 0.1) is 0 Å². The van der Waals surface area contributed by atoms with E-state index in [2.05, 4.69) is 4.72 Å². The van der Waals surface area contributed by atoms with Crippen molar-refractivity contribution < 1.29 is 17.9 Å². The van der Waals surface area contributed by atoms with Gasteiger partial charge in [-0.15, -0.1) is 0 Å². The molecular weight excluding hydrogens is 352 g/mol. The van der Waals surface area contributed by atoms with E-state index in [1.807, 2.05) is 6.07 Å². The molecule has 2 rings (SSSR count). The van der Waals surface area contributed by atoms with Gasteiger partial charge in [-0.2, -0.15) is 4.72 Å². The van der Waals surface area contributed by atoms with Crippen LogP contribution in [0.4, 0.5) is 0 Å². The van der Waals surface area contributed by atoms with Crippen LogP contribution in [-0.2, 0) is 21.2 Å². The number of carbonyl (C=O) groups excluding carboxylic acids is 1. The van der Waals surface area contributed by atoms with E-state index in [0.29, 0.717) is 0 Å². The number of nitrogens with one attached hydrogen (secondary N) is 1. The second kappa shape index (κ2) is 7.65. The average Bonchev–Trinajstić information content (AvgIpc) is 2.55. The predicted octanol–water partition coefficient (Wildman–Crippen LogP) is 1.72. The van der Waals surface area contributed by atoms with Gasteiger partial charge in [0.05, 0.1) is 7.11 Å². The van der Waals surface area contributed by atoms with Gasteiger partial charge in [0.25, 0.3) is 0 Å². The highest BCUT2D eigenvalue weighted by atomic mass is 35.5. The van der Waals surface area contributed by atoms with E-state index in [4.69, 9.17) is 22.1 Å². The number of halogens is 1. The summed E-state index contributed by atoms with van der Waals surface area (Å²) in [6.07, 6.45) is 0.137. The summed E-state index contributed by atoms with van der Waals surface area (Å²) in [7, 11) is -2.71. The van der Waals surface area contributed by atoms with Crippen molar-refractivity contribution in [2.24, 2.45) is 5.73 Å². The molecule has 0 heterocycles. The maximum Gasteiger partial charge on any atom is 0.245 e. The first kappa shape index (κ1) is 18.3. The summed E-state index contributed by atoms with van der Waals surface area (Å²) in [4.78, 5) is 11.5. The fourth-order valence-electron chi connectivity index (χ4n) is 2.16. The number of sulfonamides is 1. The fourth-order valence-corrected chi connectivity index (χ4v) is 3.80. The van der Waals surface area contributed by atoms with Gasteiger partial charge in [-0.1, -0.05) is 41.9 Å². The first-order valence-electron chi connectivity index (χ1n) is 7.02. The normalized spacial score (nSPS) is 12.6. The molecule has 1 atom stereocenters. The molecule has 3 N–H and O–H groups in total. The minimum atomic E-state index is -4.05. The van der Waals surface area contributed by atoms with Crippen LogP contribution in [0.2, 0.25) is 5.02 Å². The van der Waals surface area contributed by atoms with E-state index in [1.165, 1.54) is 25.3 Å². The Kier molecular flexibility index (Phi) is 5.82. The maximum atomic E-state index is 12.6. The lowest BCUT2D eigenvalue weighted by Gasteiger charge is -2.17. The molecule has 0 bridgehead atoms. The lowest BCUT2D eigenvalue weighted by Crippen LogP contribution is -2.45. The van der Waals surface area contributed by atoms with Crippen molar-refractivity contribution >= 4 is 27.5 Å². The smallest absolute Gasteiger partial charge is 0.245 e. The highest BCUT2D eigenvalue weighted by Crippen LogP contribution is 2.27. The molecule has 0 aliphatic carbocycles. The molecule has 24 heavy (non-hydrogen) atoms. The van der Waals surface area contributed by atoms with Crippen molar-refractivity contribution in [2.45, 2.75) is 17.4 Å². The van der Waals surface area contributed by atoms with Crippen LogP contribution in [0.15, 0.2) is 53.4 Å². The number of benzene rings is 2. The highest BCUT2D eigenvalue weighted by Gasteiger charge is 2.27. The maximum absolute atomic E-state index is 12.6. The van der Waals surface area contributed by atoms with Crippen LogP contribution in [0.25, 0.3) is 0 Å². The second-order valence-electron chi connectivity index (χ2n) is 5.06. The monoisotopic (exact) mass is 368 g/mol. The molecular formula is C16H17ClN2O4S. The Labute approximate surface area is 145 Å². The van der Waals surface area contributed by atoms with Gasteiger partial charge in [0.2, 0.25) is 15.9 Å². The quantitative estimate of drug-likeness (QED) is 0.777. The molecule has 1 amide bonds. The van der Waals surface area contributed by atoms with Gasteiger partial charge >= 0.3 is 0 Å². The molecule has 0 radical (unpaired) electrons. The third-order valence-corrected chi connectivity index (χ3v) is 5.07. The zero-order chi connectivity index (χ0) is 17.7. The summed E-state index contributed by atoms with van der Waals surface area (Å²) in [5.74, 6) is -0.654. The van der Waals surface area contributed by atoms with Crippen molar-refractivity contribution in [3.8, 4) is 5.75 Å². The van der Waals surface area contributed by atoms with Gasteiger partial charge in [-0.3, -0.25) is 4.79 Å². The zero-order valence-electron chi connectivity index (χ0n) is 12.9. The third-order valence-electron chi connectivity index (χ3n) is 3.34. The van der Waals surface area contributed by atoms with E-state index in [0.717, 1.165) is 5.56 Å². The van der Waals surface area contributed by atoms with Crippen molar-refractivity contribution in [1.29, 1.82) is 0 Å². The Balaban J connectivity index is 2.31. The molecule has 0 aliphatic rings. The predicted molar refractivity (Wildman–Crippen MR) is 91.5 cm³/mol. The summed E-state index contributed by atoms with van der Waals surface area (Å²) < 4.78 is 32.6. The Morgan fingerprint density at radius 1 is 1.25 bits per heavy atom. The molecule has 2 aromatic carbocycles. The average molecular weight is 369 g/mol. The van der Waals surface area contributed by atoms with Gasteiger partial charge in [0, 0.05) is 5.02 Å². The number of ether oxygens (including phenoxy) is 1. The van der Waals surface area contributed by atoms with Gasteiger partial charge in [0.15, 0.2) is 0 Å². The van der Waals surface area contributed by atoms with Gasteiger partial charge < -0.3 is 10.5 Å². The van der Waals surface area contributed by atoms with Crippen molar-refractivity contribution in [1.82, 2.24) is 4.72 Å². The highest BCUT2D eigenvalue weighted by molar-refractivity contribution is 7.89. The Hall–Kier alpha value is -2.09. The molecule has 0 unspecified atom stereocenters. The summed E-state index contributed by atoms with van der Waals surface area (Å²) in [5.41, 5.74) is 6.13. The summed E-state index contributed by atoms with van der Waals surface area (Å²) in [6, 6.07) is 12.1. The van der Waals surface area contributed by atoms with Gasteiger partial charge in [-0.05, 0) is 30.2 Å². The van der Waals surface area contributed by atoms with E-state index in [-0.39, 0.29) is 22.1 Å². The van der Waals surface area contributed by atoms with Gasteiger partial charge in [-0.25, -0.2) is 8.42 Å². The first-order chi connectivity index (χ1) is 11.3. The molecule has 0 saturated heterocycles. The standard InChI is InChI=1S/C16H17ClN2O4S/c1-23-14-8-7-12(17)10-15(14)24(21,22)19-13(16(18)20)9-11-5-3-2-4-6-11/h2-8,10,13,19H,9H2,1H3,(H2,18,20)/t13-/m1/s1. The number of methoxy groups -OCH3 is 1. The number of amides is 1. The third kappa shape index (κ3) is 4.47. The van der Waals surface area contributed by atoms with E-state index in [9.17, 15) is 13.2 Å². The van der Waals surface area contributed by atoms with Crippen molar-refractivity contribution in [3.63, 3.8) is 0 Å². The van der Waals surface area contributed by atoms with E-state index in [1.54, 1.807) is 24.3 Å². The van der Waals surface area contributed by atoms with E-state index < -0.39 is 22.0 Å². The van der Waals surface area contributed by atoms with Crippen LogP contribution in [0.1, 0.15) is 5.56 Å². The number of hydrogen-bond donors (Lipinski definition) is 2. The summed E-state index contributed by atoms with van der Waals surface area (Å²) in [5, 5.41) is 0.231. The van der Waals surface area contributed by atoms with Crippen LogP contribution in [0.5, 0.6) is 5.75 Å². The molecule has 0 saturated carbocycles. The SMILES string of the molecule is COc1ccc(Cl)cc1S(=O)(=O)N[C@H](Cc1ccccc1)C(N)=O. The topological polar surface area (TPSA) is 98.5 Å². The largest absolute Gasteiger partial charge is 0.495 e.